The lowest BCUT2D eigenvalue weighted by Gasteiger charge is -2.23. The summed E-state index contributed by atoms with van der Waals surface area (Å²) in [5, 5.41) is 7.24. The number of nitrogens with zero attached hydrogens (tertiary/aromatic N) is 3. The van der Waals surface area contributed by atoms with E-state index in [1.165, 1.54) is 5.56 Å². The lowest BCUT2D eigenvalue weighted by Crippen LogP contribution is -2.30. The minimum atomic E-state index is 0.0926. The lowest BCUT2D eigenvalue weighted by atomic mass is 9.99. The number of aryl methyl sites for hydroxylation is 2. The van der Waals surface area contributed by atoms with Crippen LogP contribution in [0.2, 0.25) is 0 Å². The molecule has 4 rings (SSSR count). The number of anilines is 1. The summed E-state index contributed by atoms with van der Waals surface area (Å²) < 4.78 is 5.26. The second-order valence-electron chi connectivity index (χ2n) is 6.29. The highest BCUT2D eigenvalue weighted by Gasteiger charge is 2.32. The summed E-state index contributed by atoms with van der Waals surface area (Å²) in [4.78, 5) is 19.1. The van der Waals surface area contributed by atoms with Crippen LogP contribution in [0.15, 0.2) is 22.7 Å². The van der Waals surface area contributed by atoms with Crippen molar-refractivity contribution in [2.45, 2.75) is 32.1 Å². The van der Waals surface area contributed by atoms with Gasteiger partial charge in [-0.25, -0.2) is 0 Å². The van der Waals surface area contributed by atoms with Crippen LogP contribution >= 0.6 is 0 Å². The molecule has 120 valence electrons. The van der Waals surface area contributed by atoms with Crippen molar-refractivity contribution in [2.75, 3.05) is 25.0 Å². The fourth-order valence-electron chi connectivity index (χ4n) is 3.48. The minimum absolute atomic E-state index is 0.0926. The van der Waals surface area contributed by atoms with Gasteiger partial charge in [0.2, 0.25) is 5.89 Å². The maximum Gasteiger partial charge on any atom is 0.255 e. The molecule has 6 nitrogen and oxygen atoms in total. The highest BCUT2D eigenvalue weighted by molar-refractivity contribution is 6.00. The molecule has 2 aliphatic rings. The topological polar surface area (TPSA) is 71.3 Å². The fraction of sp³-hybridized carbons (Fsp3) is 0.471. The largest absolute Gasteiger partial charge is 0.384 e. The monoisotopic (exact) mass is 312 g/mol. The Morgan fingerprint density at radius 3 is 3.17 bits per heavy atom. The Morgan fingerprint density at radius 1 is 1.43 bits per heavy atom. The molecule has 0 saturated carbocycles. The van der Waals surface area contributed by atoms with E-state index in [0.29, 0.717) is 18.3 Å². The average molecular weight is 312 g/mol. The zero-order valence-electron chi connectivity index (χ0n) is 13.2. The van der Waals surface area contributed by atoms with Crippen LogP contribution in [0.4, 0.5) is 5.69 Å². The Morgan fingerprint density at radius 2 is 2.35 bits per heavy atom. The maximum atomic E-state index is 12.9. The van der Waals surface area contributed by atoms with Gasteiger partial charge in [0.15, 0.2) is 5.82 Å². The predicted molar refractivity (Wildman–Crippen MR) is 85.5 cm³/mol. The first kappa shape index (κ1) is 14.2. The molecule has 1 fully saturated rings. The number of rotatable bonds is 2. The Labute approximate surface area is 134 Å². The van der Waals surface area contributed by atoms with Crippen molar-refractivity contribution < 1.29 is 9.32 Å². The summed E-state index contributed by atoms with van der Waals surface area (Å²) in [6, 6.07) is 6.00. The Bertz CT molecular complexity index is 740. The summed E-state index contributed by atoms with van der Waals surface area (Å²) in [5.74, 6) is 1.53. The van der Waals surface area contributed by atoms with Gasteiger partial charge in [-0.2, -0.15) is 4.98 Å². The highest BCUT2D eigenvalue weighted by atomic mass is 16.5. The molecule has 1 aromatic carbocycles. The van der Waals surface area contributed by atoms with Gasteiger partial charge in [0.25, 0.3) is 5.91 Å². The number of hydrogen-bond donors (Lipinski definition) is 1. The summed E-state index contributed by atoms with van der Waals surface area (Å²) >= 11 is 0. The number of para-hydroxylation sites is 1. The molecule has 6 heteroatoms. The van der Waals surface area contributed by atoms with Crippen LogP contribution in [-0.2, 0) is 6.42 Å². The van der Waals surface area contributed by atoms with Crippen molar-refractivity contribution in [3.8, 4) is 0 Å². The van der Waals surface area contributed by atoms with Crippen LogP contribution < -0.4 is 5.32 Å². The number of fused-ring (bicyclic) bond motifs is 1. The van der Waals surface area contributed by atoms with E-state index < -0.39 is 0 Å². The molecular formula is C17H20N4O2. The average Bonchev–Trinajstić information content (AvgIpc) is 3.22. The SMILES string of the molecule is Cc1noc([C@@H]2CCN(C(=O)c3cccc4c3NCCC4)C2)n1. The standard InChI is InChI=1S/C17H20N4O2/c1-11-19-16(23-20-11)13-7-9-21(10-13)17(22)14-6-2-4-12-5-3-8-18-15(12)14/h2,4,6,13,18H,3,5,7-10H2,1H3/t13-/m1/s1. The van der Waals surface area contributed by atoms with Crippen molar-refractivity contribution in [2.24, 2.45) is 0 Å². The Hall–Kier alpha value is -2.37. The van der Waals surface area contributed by atoms with Gasteiger partial charge in [0.1, 0.15) is 0 Å². The third-order valence-electron chi connectivity index (χ3n) is 4.67. The smallest absolute Gasteiger partial charge is 0.255 e. The van der Waals surface area contributed by atoms with E-state index in [-0.39, 0.29) is 11.8 Å². The molecule has 3 heterocycles. The molecule has 0 radical (unpaired) electrons. The van der Waals surface area contributed by atoms with E-state index in [0.717, 1.165) is 43.6 Å². The fourth-order valence-corrected chi connectivity index (χ4v) is 3.48. The van der Waals surface area contributed by atoms with Crippen molar-refractivity contribution >= 4 is 11.6 Å². The van der Waals surface area contributed by atoms with Gasteiger partial charge >= 0.3 is 0 Å². The molecule has 1 atom stereocenters. The van der Waals surface area contributed by atoms with Crippen LogP contribution in [0, 0.1) is 6.92 Å². The number of amides is 1. The summed E-state index contributed by atoms with van der Waals surface area (Å²) in [6.07, 6.45) is 3.02. The normalized spacial score (nSPS) is 20.2. The van der Waals surface area contributed by atoms with Crippen molar-refractivity contribution in [3.05, 3.63) is 41.0 Å². The predicted octanol–water partition coefficient (Wildman–Crippen LogP) is 2.37. The number of likely N-dealkylation sites (tertiary alicyclic amines) is 1. The summed E-state index contributed by atoms with van der Waals surface area (Å²) in [6.45, 7) is 4.12. The first-order chi connectivity index (χ1) is 11.2. The van der Waals surface area contributed by atoms with Gasteiger partial charge in [0.05, 0.1) is 17.2 Å². The molecule has 0 unspecified atom stereocenters. The third-order valence-corrected chi connectivity index (χ3v) is 4.67. The lowest BCUT2D eigenvalue weighted by molar-refractivity contribution is 0.0790. The quantitative estimate of drug-likeness (QED) is 0.922. The zero-order chi connectivity index (χ0) is 15.8. The second-order valence-corrected chi connectivity index (χ2v) is 6.29. The van der Waals surface area contributed by atoms with Crippen LogP contribution in [0.1, 0.15) is 46.4 Å². The van der Waals surface area contributed by atoms with Gasteiger partial charge in [-0.15, -0.1) is 0 Å². The van der Waals surface area contributed by atoms with E-state index in [1.54, 1.807) is 0 Å². The van der Waals surface area contributed by atoms with Crippen molar-refractivity contribution in [1.29, 1.82) is 0 Å². The molecule has 0 spiro atoms. The molecule has 1 N–H and O–H groups in total. The third kappa shape index (κ3) is 2.58. The zero-order valence-corrected chi connectivity index (χ0v) is 13.2. The molecule has 2 aromatic rings. The minimum Gasteiger partial charge on any atom is -0.384 e. The van der Waals surface area contributed by atoms with Gasteiger partial charge in [-0.3, -0.25) is 4.79 Å². The van der Waals surface area contributed by atoms with E-state index in [1.807, 2.05) is 24.0 Å². The first-order valence-corrected chi connectivity index (χ1v) is 8.17. The number of hydrogen-bond acceptors (Lipinski definition) is 5. The molecule has 23 heavy (non-hydrogen) atoms. The van der Waals surface area contributed by atoms with Crippen LogP contribution in [0.5, 0.6) is 0 Å². The first-order valence-electron chi connectivity index (χ1n) is 8.17. The number of nitrogens with one attached hydrogen (secondary N) is 1. The molecule has 0 bridgehead atoms. The molecule has 1 aromatic heterocycles. The Balaban J connectivity index is 1.54. The highest BCUT2D eigenvalue weighted by Crippen LogP contribution is 2.31. The van der Waals surface area contributed by atoms with Gasteiger partial charge in [-0.1, -0.05) is 17.3 Å². The molecule has 1 saturated heterocycles. The van der Waals surface area contributed by atoms with Crippen LogP contribution in [0.25, 0.3) is 0 Å². The number of carbonyl (C=O) groups is 1. The second kappa shape index (κ2) is 5.68. The maximum absolute atomic E-state index is 12.9. The van der Waals surface area contributed by atoms with E-state index in [9.17, 15) is 4.79 Å². The van der Waals surface area contributed by atoms with Gasteiger partial charge in [-0.05, 0) is 37.8 Å². The van der Waals surface area contributed by atoms with Crippen LogP contribution in [0.3, 0.4) is 0 Å². The van der Waals surface area contributed by atoms with E-state index in [2.05, 4.69) is 21.5 Å². The molecular weight excluding hydrogens is 292 g/mol. The number of carbonyl (C=O) groups excluding carboxylic acids is 1. The van der Waals surface area contributed by atoms with Gasteiger partial charge < -0.3 is 14.7 Å². The number of aromatic nitrogens is 2. The van der Waals surface area contributed by atoms with Gasteiger partial charge in [0, 0.05) is 19.6 Å². The van der Waals surface area contributed by atoms with E-state index in [4.69, 9.17) is 4.52 Å². The molecule has 0 aliphatic carbocycles. The van der Waals surface area contributed by atoms with E-state index >= 15 is 0 Å². The van der Waals surface area contributed by atoms with Crippen LogP contribution in [-0.4, -0.2) is 40.6 Å². The van der Waals surface area contributed by atoms with Crippen molar-refractivity contribution in [3.63, 3.8) is 0 Å². The summed E-state index contributed by atoms with van der Waals surface area (Å²) in [5.41, 5.74) is 3.04. The molecule has 2 aliphatic heterocycles. The summed E-state index contributed by atoms with van der Waals surface area (Å²) in [7, 11) is 0. The van der Waals surface area contributed by atoms with Crippen molar-refractivity contribution in [1.82, 2.24) is 15.0 Å². The number of benzene rings is 1. The molecule has 1 amide bonds. The Kier molecular flexibility index (Phi) is 3.52.